The molecule has 0 saturated carbocycles. The first-order valence-corrected chi connectivity index (χ1v) is 12.3. The van der Waals surface area contributed by atoms with Gasteiger partial charge in [-0.15, -0.1) is 11.3 Å². The molecule has 0 atom stereocenters. The van der Waals surface area contributed by atoms with E-state index < -0.39 is 10.0 Å². The number of imidazole rings is 1. The van der Waals surface area contributed by atoms with Gasteiger partial charge in [-0.2, -0.15) is 0 Å². The third-order valence-electron chi connectivity index (χ3n) is 4.44. The second-order valence-corrected chi connectivity index (χ2v) is 9.95. The van der Waals surface area contributed by atoms with Gasteiger partial charge >= 0.3 is 0 Å². The SMILES string of the molecule is CCCn1c(SCc2cc(=O)n3c(C)csc3n2)nc2cc(S(N)(=O)=O)ccc21. The van der Waals surface area contributed by atoms with Crippen LogP contribution in [0.1, 0.15) is 24.7 Å². The molecule has 4 rings (SSSR count). The molecule has 0 spiro atoms. The van der Waals surface area contributed by atoms with Crippen LogP contribution in [-0.2, 0) is 22.3 Å². The fourth-order valence-electron chi connectivity index (χ4n) is 3.13. The number of thiazole rings is 1. The molecule has 1 aromatic carbocycles. The van der Waals surface area contributed by atoms with Crippen molar-refractivity contribution in [2.45, 2.75) is 42.6 Å². The highest BCUT2D eigenvalue weighted by Gasteiger charge is 2.16. The first kappa shape index (κ1) is 20.1. The molecule has 0 fully saturated rings. The van der Waals surface area contributed by atoms with Crippen molar-refractivity contribution in [2.75, 3.05) is 0 Å². The Balaban J connectivity index is 1.70. The van der Waals surface area contributed by atoms with Gasteiger partial charge in [0.05, 0.1) is 21.6 Å². The summed E-state index contributed by atoms with van der Waals surface area (Å²) in [6, 6.07) is 6.26. The number of fused-ring (bicyclic) bond motifs is 2. The first-order valence-electron chi connectivity index (χ1n) is 8.90. The number of aryl methyl sites for hydroxylation is 2. The van der Waals surface area contributed by atoms with E-state index >= 15 is 0 Å². The van der Waals surface area contributed by atoms with Gasteiger partial charge in [0, 0.05) is 29.4 Å². The monoisotopic (exact) mass is 449 g/mol. The van der Waals surface area contributed by atoms with Crippen LogP contribution < -0.4 is 10.7 Å². The van der Waals surface area contributed by atoms with E-state index in [1.54, 1.807) is 16.5 Å². The second kappa shape index (κ2) is 7.56. The largest absolute Gasteiger partial charge is 0.319 e. The Morgan fingerprint density at radius 3 is 2.76 bits per heavy atom. The van der Waals surface area contributed by atoms with Crippen molar-refractivity contribution in [1.82, 2.24) is 18.9 Å². The summed E-state index contributed by atoms with van der Waals surface area (Å²) < 4.78 is 26.9. The van der Waals surface area contributed by atoms with E-state index in [1.807, 2.05) is 16.9 Å². The number of rotatable bonds is 6. The molecule has 2 N–H and O–H groups in total. The van der Waals surface area contributed by atoms with Crippen molar-refractivity contribution < 1.29 is 8.42 Å². The van der Waals surface area contributed by atoms with E-state index in [0.717, 1.165) is 29.3 Å². The Kier molecular flexibility index (Phi) is 5.23. The number of primary sulfonamides is 1. The summed E-state index contributed by atoms with van der Waals surface area (Å²) in [5.41, 5.74) is 2.88. The van der Waals surface area contributed by atoms with Crippen molar-refractivity contribution in [1.29, 1.82) is 0 Å². The fourth-order valence-corrected chi connectivity index (χ4v) is 5.49. The molecule has 4 aromatic rings. The van der Waals surface area contributed by atoms with Crippen LogP contribution in [0.25, 0.3) is 16.0 Å². The van der Waals surface area contributed by atoms with E-state index in [-0.39, 0.29) is 10.5 Å². The molecule has 152 valence electrons. The topological polar surface area (TPSA) is 112 Å². The van der Waals surface area contributed by atoms with Gasteiger partial charge in [0.2, 0.25) is 10.0 Å². The quantitative estimate of drug-likeness (QED) is 0.453. The third-order valence-corrected chi connectivity index (χ3v) is 7.30. The molecule has 0 aliphatic carbocycles. The molecule has 0 saturated heterocycles. The Labute approximate surface area is 175 Å². The summed E-state index contributed by atoms with van der Waals surface area (Å²) in [6.07, 6.45) is 0.899. The maximum Gasteiger partial charge on any atom is 0.258 e. The Morgan fingerprint density at radius 1 is 1.24 bits per heavy atom. The number of nitrogens with zero attached hydrogens (tertiary/aromatic N) is 4. The van der Waals surface area contributed by atoms with E-state index in [2.05, 4.69) is 16.9 Å². The van der Waals surface area contributed by atoms with Gasteiger partial charge < -0.3 is 4.57 Å². The minimum atomic E-state index is -3.79. The summed E-state index contributed by atoms with van der Waals surface area (Å²) in [4.78, 5) is 22.3. The van der Waals surface area contributed by atoms with Crippen molar-refractivity contribution in [3.63, 3.8) is 0 Å². The molecule has 0 unspecified atom stereocenters. The molecule has 11 heteroatoms. The average Bonchev–Trinajstić information content (AvgIpc) is 3.20. The summed E-state index contributed by atoms with van der Waals surface area (Å²) >= 11 is 2.90. The Bertz CT molecular complexity index is 1390. The highest BCUT2D eigenvalue weighted by Crippen LogP contribution is 2.28. The molecule has 29 heavy (non-hydrogen) atoms. The van der Waals surface area contributed by atoms with Crippen LogP contribution in [0.2, 0.25) is 0 Å². The molecule has 0 aliphatic heterocycles. The Hall–Kier alpha value is -2.21. The molecule has 3 aromatic heterocycles. The summed E-state index contributed by atoms with van der Waals surface area (Å²) in [5, 5.41) is 7.90. The van der Waals surface area contributed by atoms with Gasteiger partial charge in [-0.1, -0.05) is 18.7 Å². The number of hydrogen-bond donors (Lipinski definition) is 1. The molecular formula is C18H19N5O3S3. The molecule has 0 bridgehead atoms. The van der Waals surface area contributed by atoms with E-state index in [1.165, 1.54) is 35.2 Å². The highest BCUT2D eigenvalue weighted by atomic mass is 32.2. The number of thioether (sulfide) groups is 1. The van der Waals surface area contributed by atoms with Gasteiger partial charge in [-0.25, -0.2) is 23.5 Å². The number of aromatic nitrogens is 4. The van der Waals surface area contributed by atoms with E-state index in [0.29, 0.717) is 21.9 Å². The zero-order chi connectivity index (χ0) is 20.8. The number of sulfonamides is 1. The van der Waals surface area contributed by atoms with Crippen LogP contribution in [0.4, 0.5) is 0 Å². The second-order valence-electron chi connectivity index (χ2n) is 6.61. The molecular weight excluding hydrogens is 430 g/mol. The highest BCUT2D eigenvalue weighted by molar-refractivity contribution is 7.98. The van der Waals surface area contributed by atoms with Crippen LogP contribution >= 0.6 is 23.1 Å². The minimum absolute atomic E-state index is 0.0379. The molecule has 3 heterocycles. The minimum Gasteiger partial charge on any atom is -0.319 e. The van der Waals surface area contributed by atoms with Gasteiger partial charge in [0.1, 0.15) is 0 Å². The van der Waals surface area contributed by atoms with Gasteiger partial charge in [0.15, 0.2) is 10.1 Å². The summed E-state index contributed by atoms with van der Waals surface area (Å²) in [7, 11) is -3.79. The standard InChI is InChI=1S/C18H19N5O3S3/c1-3-6-22-15-5-4-13(29(19,25)26)8-14(15)21-17(22)28-10-12-7-16(24)23-11(2)9-27-18(23)20-12/h4-5,7-9H,3,6,10H2,1-2H3,(H2,19,25,26). The van der Waals surface area contributed by atoms with Crippen LogP contribution in [-0.4, -0.2) is 27.4 Å². The lowest BCUT2D eigenvalue weighted by molar-refractivity contribution is 0.598. The molecule has 8 nitrogen and oxygen atoms in total. The maximum atomic E-state index is 12.4. The zero-order valence-electron chi connectivity index (χ0n) is 15.8. The molecule has 0 amide bonds. The summed E-state index contributed by atoms with van der Waals surface area (Å²) in [6.45, 7) is 4.69. The van der Waals surface area contributed by atoms with E-state index in [4.69, 9.17) is 5.14 Å². The van der Waals surface area contributed by atoms with Crippen molar-refractivity contribution in [3.05, 3.63) is 51.4 Å². The first-order chi connectivity index (χ1) is 13.8. The fraction of sp³-hybridized carbons (Fsp3) is 0.278. The molecule has 0 aliphatic rings. The molecule has 0 radical (unpaired) electrons. The Morgan fingerprint density at radius 2 is 2.03 bits per heavy atom. The third kappa shape index (κ3) is 3.82. The predicted octanol–water partition coefficient (Wildman–Crippen LogP) is 2.76. The van der Waals surface area contributed by atoms with Crippen LogP contribution in [0.15, 0.2) is 44.5 Å². The van der Waals surface area contributed by atoms with Crippen molar-refractivity contribution >= 4 is 49.1 Å². The number of benzene rings is 1. The van der Waals surface area contributed by atoms with Crippen LogP contribution in [0.5, 0.6) is 0 Å². The number of nitrogens with two attached hydrogens (primary N) is 1. The lowest BCUT2D eigenvalue weighted by atomic mass is 10.3. The van der Waals surface area contributed by atoms with Gasteiger partial charge in [-0.05, 0) is 31.5 Å². The smallest absolute Gasteiger partial charge is 0.258 e. The van der Waals surface area contributed by atoms with Crippen LogP contribution in [0, 0.1) is 6.92 Å². The maximum absolute atomic E-state index is 12.4. The normalized spacial score (nSPS) is 12.2. The predicted molar refractivity (Wildman–Crippen MR) is 115 cm³/mol. The van der Waals surface area contributed by atoms with Gasteiger partial charge in [-0.3, -0.25) is 9.20 Å². The lowest BCUT2D eigenvalue weighted by Crippen LogP contribution is -2.14. The van der Waals surface area contributed by atoms with Crippen LogP contribution in [0.3, 0.4) is 0 Å². The van der Waals surface area contributed by atoms with Crippen molar-refractivity contribution in [2.24, 2.45) is 5.14 Å². The average molecular weight is 450 g/mol. The zero-order valence-corrected chi connectivity index (χ0v) is 18.3. The lowest BCUT2D eigenvalue weighted by Gasteiger charge is -2.07. The number of hydrogen-bond acceptors (Lipinski definition) is 7. The van der Waals surface area contributed by atoms with Gasteiger partial charge in [0.25, 0.3) is 5.56 Å². The van der Waals surface area contributed by atoms with Crippen molar-refractivity contribution in [3.8, 4) is 0 Å². The van der Waals surface area contributed by atoms with E-state index in [9.17, 15) is 13.2 Å². The summed E-state index contributed by atoms with van der Waals surface area (Å²) in [5.74, 6) is 0.484.